The second-order valence-electron chi connectivity index (χ2n) is 5.87. The zero-order chi connectivity index (χ0) is 20.2. The van der Waals surface area contributed by atoms with Crippen LogP contribution in [0.4, 0.5) is 5.69 Å². The molecule has 144 valence electrons. The molecule has 0 aliphatic rings. The van der Waals surface area contributed by atoms with E-state index in [-0.39, 0.29) is 11.0 Å². The fourth-order valence-corrected chi connectivity index (χ4v) is 3.09. The summed E-state index contributed by atoms with van der Waals surface area (Å²) in [5.74, 6) is -0.384. The Bertz CT molecular complexity index is 841. The Hall–Kier alpha value is -0.800. The maximum Gasteiger partial charge on any atom is 0.252 e. The van der Waals surface area contributed by atoms with Gasteiger partial charge in [0.2, 0.25) is 3.79 Å². The van der Waals surface area contributed by atoms with Gasteiger partial charge in [-0.25, -0.2) is 0 Å². The van der Waals surface area contributed by atoms with Crippen LogP contribution >= 0.6 is 69.6 Å². The molecular formula is C18H17Cl3IN3OS. The molecule has 0 aliphatic carbocycles. The molecule has 2 rings (SSSR count). The summed E-state index contributed by atoms with van der Waals surface area (Å²) < 4.78 is -0.800. The second-order valence-corrected chi connectivity index (χ2v) is 9.89. The molecule has 3 N–H and O–H groups in total. The largest absolute Gasteiger partial charge is 0.339 e. The molecule has 27 heavy (non-hydrogen) atoms. The van der Waals surface area contributed by atoms with Gasteiger partial charge in [0.05, 0.1) is 0 Å². The number of carbonyl (C=O) groups is 1. The summed E-state index contributed by atoms with van der Waals surface area (Å²) >= 11 is 25.6. The van der Waals surface area contributed by atoms with Crippen LogP contribution in [0.1, 0.15) is 21.5 Å². The first-order valence-electron chi connectivity index (χ1n) is 7.84. The van der Waals surface area contributed by atoms with E-state index in [0.29, 0.717) is 5.56 Å². The van der Waals surface area contributed by atoms with E-state index < -0.39 is 9.96 Å². The van der Waals surface area contributed by atoms with Gasteiger partial charge in [0.25, 0.3) is 5.91 Å². The first-order chi connectivity index (χ1) is 12.6. The highest BCUT2D eigenvalue weighted by molar-refractivity contribution is 14.1. The van der Waals surface area contributed by atoms with Gasteiger partial charge >= 0.3 is 0 Å². The maximum atomic E-state index is 12.5. The average molecular weight is 557 g/mol. The molecule has 2 aromatic rings. The van der Waals surface area contributed by atoms with E-state index in [4.69, 9.17) is 47.0 Å². The molecule has 4 nitrogen and oxygen atoms in total. The summed E-state index contributed by atoms with van der Waals surface area (Å²) in [4.78, 5) is 12.5. The van der Waals surface area contributed by atoms with Crippen LogP contribution in [-0.4, -0.2) is 21.0 Å². The van der Waals surface area contributed by atoms with E-state index in [0.717, 1.165) is 20.4 Å². The number of nitrogens with one attached hydrogen (secondary N) is 3. The van der Waals surface area contributed by atoms with Crippen molar-refractivity contribution < 1.29 is 4.79 Å². The molecule has 0 aromatic heterocycles. The van der Waals surface area contributed by atoms with E-state index >= 15 is 0 Å². The second kappa shape index (κ2) is 9.60. The number of benzene rings is 2. The van der Waals surface area contributed by atoms with Gasteiger partial charge in [-0.3, -0.25) is 4.79 Å². The third kappa shape index (κ3) is 6.94. The summed E-state index contributed by atoms with van der Waals surface area (Å²) in [5, 5.41) is 8.81. The Morgan fingerprint density at radius 3 is 2.30 bits per heavy atom. The van der Waals surface area contributed by atoms with Crippen molar-refractivity contribution in [2.75, 3.05) is 5.32 Å². The lowest BCUT2D eigenvalue weighted by Crippen LogP contribution is -2.56. The van der Waals surface area contributed by atoms with E-state index in [1.54, 1.807) is 12.1 Å². The Labute approximate surface area is 192 Å². The van der Waals surface area contributed by atoms with Crippen LogP contribution in [0.25, 0.3) is 0 Å². The molecule has 0 radical (unpaired) electrons. The molecule has 0 spiro atoms. The van der Waals surface area contributed by atoms with E-state index in [2.05, 4.69) is 38.5 Å². The average Bonchev–Trinajstić information content (AvgIpc) is 2.57. The lowest BCUT2D eigenvalue weighted by atomic mass is 10.1. The third-order valence-electron chi connectivity index (χ3n) is 3.63. The number of halogens is 4. The van der Waals surface area contributed by atoms with Crippen molar-refractivity contribution in [2.45, 2.75) is 23.8 Å². The summed E-state index contributed by atoms with van der Waals surface area (Å²) in [7, 11) is 0. The predicted molar refractivity (Wildman–Crippen MR) is 126 cm³/mol. The fraction of sp³-hybridized carbons (Fsp3) is 0.222. The summed E-state index contributed by atoms with van der Waals surface area (Å²) in [6.07, 6.45) is -1.03. The van der Waals surface area contributed by atoms with Crippen molar-refractivity contribution in [1.82, 2.24) is 10.6 Å². The molecule has 0 unspecified atom stereocenters. The Balaban J connectivity index is 2.10. The van der Waals surface area contributed by atoms with Crippen LogP contribution < -0.4 is 16.0 Å². The number of hydrogen-bond donors (Lipinski definition) is 3. The maximum absolute atomic E-state index is 12.5. The van der Waals surface area contributed by atoms with Crippen molar-refractivity contribution in [3.8, 4) is 0 Å². The Morgan fingerprint density at radius 1 is 1.07 bits per heavy atom. The van der Waals surface area contributed by atoms with Crippen LogP contribution in [0.3, 0.4) is 0 Å². The zero-order valence-corrected chi connectivity index (χ0v) is 19.7. The molecule has 1 amide bonds. The lowest BCUT2D eigenvalue weighted by molar-refractivity contribution is 0.0934. The number of hydrogen-bond acceptors (Lipinski definition) is 2. The van der Waals surface area contributed by atoms with Crippen molar-refractivity contribution in [2.24, 2.45) is 0 Å². The van der Waals surface area contributed by atoms with Crippen molar-refractivity contribution >= 4 is 86.3 Å². The molecule has 0 saturated carbocycles. The molecule has 0 aliphatic heterocycles. The predicted octanol–water partition coefficient (Wildman–Crippen LogP) is 5.32. The number of alkyl halides is 3. The minimum Gasteiger partial charge on any atom is -0.339 e. The van der Waals surface area contributed by atoms with Gasteiger partial charge in [0.1, 0.15) is 6.17 Å². The molecule has 0 fully saturated rings. The van der Waals surface area contributed by atoms with Crippen molar-refractivity contribution in [3.63, 3.8) is 0 Å². The van der Waals surface area contributed by atoms with Crippen molar-refractivity contribution in [1.29, 1.82) is 0 Å². The van der Waals surface area contributed by atoms with Gasteiger partial charge < -0.3 is 16.0 Å². The monoisotopic (exact) mass is 555 g/mol. The van der Waals surface area contributed by atoms with Crippen LogP contribution in [0, 0.1) is 17.4 Å². The number of aryl methyl sites for hydroxylation is 2. The smallest absolute Gasteiger partial charge is 0.252 e. The quantitative estimate of drug-likeness (QED) is 0.207. The standard InChI is InChI=1S/C18H17Cl3IN3OS/c1-10-3-4-11(2)14(9-10)23-17(27)25-16(18(19,20)21)24-15(26)12-5-7-13(22)8-6-12/h3-9,16H,1-2H3,(H,24,26)(H2,23,25,27)/t16-/m0/s1. The Kier molecular flexibility index (Phi) is 8.00. The number of rotatable bonds is 4. The molecule has 9 heteroatoms. The molecular weight excluding hydrogens is 540 g/mol. The summed E-state index contributed by atoms with van der Waals surface area (Å²) in [5.41, 5.74) is 3.37. The lowest BCUT2D eigenvalue weighted by Gasteiger charge is -2.28. The van der Waals surface area contributed by atoms with Crippen molar-refractivity contribution in [3.05, 3.63) is 62.7 Å². The third-order valence-corrected chi connectivity index (χ3v) is 5.22. The topological polar surface area (TPSA) is 53.2 Å². The highest BCUT2D eigenvalue weighted by atomic mass is 127. The summed E-state index contributed by atoms with van der Waals surface area (Å²) in [6.45, 7) is 3.93. The first kappa shape index (κ1) is 22.5. The number of anilines is 1. The van der Waals surface area contributed by atoms with Gasteiger partial charge in [-0.1, -0.05) is 46.9 Å². The van der Waals surface area contributed by atoms with Crippen LogP contribution in [0.15, 0.2) is 42.5 Å². The highest BCUT2D eigenvalue weighted by Crippen LogP contribution is 2.29. The Morgan fingerprint density at radius 2 is 1.70 bits per heavy atom. The van der Waals surface area contributed by atoms with E-state index in [1.807, 2.05) is 44.2 Å². The zero-order valence-electron chi connectivity index (χ0n) is 14.4. The number of amides is 1. The highest BCUT2D eigenvalue weighted by Gasteiger charge is 2.35. The SMILES string of the molecule is Cc1ccc(C)c(NC(=S)N[C@H](NC(=O)c2ccc(I)cc2)C(Cl)(Cl)Cl)c1. The number of carbonyl (C=O) groups excluding carboxylic acids is 1. The molecule has 0 heterocycles. The molecule has 1 atom stereocenters. The molecule has 2 aromatic carbocycles. The van der Waals surface area contributed by atoms with Gasteiger partial charge in [0, 0.05) is 14.8 Å². The molecule has 0 saturated heterocycles. The first-order valence-corrected chi connectivity index (χ1v) is 10.5. The molecule has 0 bridgehead atoms. The number of thiocarbonyl (C=S) groups is 1. The van der Waals surface area contributed by atoms with Crippen LogP contribution in [0.2, 0.25) is 0 Å². The van der Waals surface area contributed by atoms with Gasteiger partial charge in [-0.05, 0) is 90.1 Å². The normalized spacial score (nSPS) is 12.2. The van der Waals surface area contributed by atoms with Gasteiger partial charge in [-0.15, -0.1) is 0 Å². The van der Waals surface area contributed by atoms with Gasteiger partial charge in [0.15, 0.2) is 5.11 Å². The van der Waals surface area contributed by atoms with Crippen LogP contribution in [-0.2, 0) is 0 Å². The summed E-state index contributed by atoms with van der Waals surface area (Å²) in [6, 6.07) is 13.0. The van der Waals surface area contributed by atoms with Crippen LogP contribution in [0.5, 0.6) is 0 Å². The minimum atomic E-state index is -1.81. The minimum absolute atomic E-state index is 0.225. The van der Waals surface area contributed by atoms with Gasteiger partial charge in [-0.2, -0.15) is 0 Å². The fourth-order valence-electron chi connectivity index (χ4n) is 2.18. The van der Waals surface area contributed by atoms with E-state index in [1.165, 1.54) is 0 Å². The van der Waals surface area contributed by atoms with E-state index in [9.17, 15) is 4.79 Å².